The average Bonchev–Trinajstić information content (AvgIpc) is 2.48. The number of fused-ring (bicyclic) bond motifs is 1. The molecule has 100 valence electrons. The molecule has 0 fully saturated rings. The second-order valence-electron chi connectivity index (χ2n) is 4.67. The normalized spacial score (nSPS) is 10.9. The third-order valence-corrected chi connectivity index (χ3v) is 4.08. The molecule has 0 amide bonds. The van der Waals surface area contributed by atoms with Crippen LogP contribution in [0.15, 0.2) is 47.4 Å². The molecule has 3 nitrogen and oxygen atoms in total. The number of hydrogen-bond donors (Lipinski definition) is 1. The maximum absolute atomic E-state index is 5.75. The number of aryl methyl sites for hydroxylation is 1. The van der Waals surface area contributed by atoms with Gasteiger partial charge in [-0.05, 0) is 37.4 Å². The fourth-order valence-electron chi connectivity index (χ4n) is 2.25. The van der Waals surface area contributed by atoms with E-state index in [0.29, 0.717) is 0 Å². The molecule has 0 saturated heterocycles. The summed E-state index contributed by atoms with van der Waals surface area (Å²) < 4.78 is 0. The molecule has 0 radical (unpaired) electrons. The van der Waals surface area contributed by atoms with E-state index in [0.717, 1.165) is 33.4 Å². The Bertz CT molecular complexity index is 767. The summed E-state index contributed by atoms with van der Waals surface area (Å²) in [5.74, 6) is 0. The first-order chi connectivity index (χ1) is 9.69. The lowest BCUT2D eigenvalue weighted by atomic mass is 10.0. The number of nitrogens with zero attached hydrogens (tertiary/aromatic N) is 2. The van der Waals surface area contributed by atoms with Crippen molar-refractivity contribution in [3.8, 4) is 11.3 Å². The summed E-state index contributed by atoms with van der Waals surface area (Å²) in [5.41, 5.74) is 9.39. The molecule has 0 unspecified atom stereocenters. The number of thioether (sulfide) groups is 1. The van der Waals surface area contributed by atoms with E-state index >= 15 is 0 Å². The summed E-state index contributed by atoms with van der Waals surface area (Å²) in [4.78, 5) is 1.22. The predicted molar refractivity (Wildman–Crippen MR) is 85.9 cm³/mol. The van der Waals surface area contributed by atoms with Crippen LogP contribution in [0.4, 0.5) is 5.69 Å². The van der Waals surface area contributed by atoms with Crippen LogP contribution >= 0.6 is 11.8 Å². The van der Waals surface area contributed by atoms with Gasteiger partial charge in [-0.25, -0.2) is 0 Å². The average molecular weight is 281 g/mol. The number of anilines is 1. The van der Waals surface area contributed by atoms with Gasteiger partial charge in [-0.15, -0.1) is 16.9 Å². The van der Waals surface area contributed by atoms with E-state index in [9.17, 15) is 0 Å². The van der Waals surface area contributed by atoms with E-state index in [1.54, 1.807) is 11.8 Å². The van der Waals surface area contributed by atoms with Crippen molar-refractivity contribution >= 4 is 28.2 Å². The molecule has 0 aliphatic rings. The summed E-state index contributed by atoms with van der Waals surface area (Å²) >= 11 is 1.73. The van der Waals surface area contributed by atoms with Crippen molar-refractivity contribution in [2.75, 3.05) is 12.0 Å². The van der Waals surface area contributed by atoms with E-state index in [-0.39, 0.29) is 0 Å². The van der Waals surface area contributed by atoms with Gasteiger partial charge in [-0.1, -0.05) is 18.2 Å². The summed E-state index contributed by atoms with van der Waals surface area (Å²) in [6, 6.07) is 14.2. The maximum atomic E-state index is 5.75. The molecule has 2 aromatic carbocycles. The Morgan fingerprint density at radius 3 is 2.40 bits per heavy atom. The minimum Gasteiger partial charge on any atom is -0.399 e. The molecule has 0 aliphatic carbocycles. The highest BCUT2D eigenvalue weighted by molar-refractivity contribution is 7.98. The molecule has 0 aliphatic heterocycles. The molecule has 0 atom stereocenters. The van der Waals surface area contributed by atoms with Gasteiger partial charge in [-0.2, -0.15) is 5.10 Å². The molecule has 2 N–H and O–H groups in total. The molecular weight excluding hydrogens is 266 g/mol. The second kappa shape index (κ2) is 5.13. The lowest BCUT2D eigenvalue weighted by molar-refractivity contribution is 1.01. The van der Waals surface area contributed by atoms with E-state index in [4.69, 9.17) is 5.73 Å². The monoisotopic (exact) mass is 281 g/mol. The molecule has 4 heteroatoms. The molecule has 1 heterocycles. The fraction of sp³-hybridized carbons (Fsp3) is 0.125. The number of hydrogen-bond acceptors (Lipinski definition) is 4. The number of nitrogen functional groups attached to an aromatic ring is 1. The number of nitrogens with two attached hydrogens (primary N) is 1. The molecule has 3 rings (SSSR count). The number of aromatic nitrogens is 2. The van der Waals surface area contributed by atoms with Gasteiger partial charge < -0.3 is 5.73 Å². The zero-order valence-electron chi connectivity index (χ0n) is 11.4. The van der Waals surface area contributed by atoms with Crippen LogP contribution in [0.2, 0.25) is 0 Å². The molecule has 0 spiro atoms. The van der Waals surface area contributed by atoms with Crippen molar-refractivity contribution < 1.29 is 0 Å². The smallest absolute Gasteiger partial charge is 0.101 e. The van der Waals surface area contributed by atoms with Gasteiger partial charge in [0.15, 0.2) is 0 Å². The first-order valence-electron chi connectivity index (χ1n) is 6.36. The van der Waals surface area contributed by atoms with Crippen molar-refractivity contribution in [2.45, 2.75) is 11.8 Å². The standard InChI is InChI=1S/C16H15N3S/c1-10-14-8-7-13(20-2)9-15(14)16(19-18-10)11-3-5-12(17)6-4-11/h3-9H,17H2,1-2H3. The van der Waals surface area contributed by atoms with Crippen molar-refractivity contribution in [1.29, 1.82) is 0 Å². The Balaban J connectivity index is 2.29. The van der Waals surface area contributed by atoms with E-state index < -0.39 is 0 Å². The molecule has 0 bridgehead atoms. The maximum Gasteiger partial charge on any atom is 0.101 e. The van der Waals surface area contributed by atoms with Crippen molar-refractivity contribution in [1.82, 2.24) is 10.2 Å². The Hall–Kier alpha value is -2.07. The van der Waals surface area contributed by atoms with Crippen molar-refractivity contribution in [3.63, 3.8) is 0 Å². The van der Waals surface area contributed by atoms with Gasteiger partial charge in [0.1, 0.15) is 5.69 Å². The van der Waals surface area contributed by atoms with Gasteiger partial charge in [-0.3, -0.25) is 0 Å². The Morgan fingerprint density at radius 2 is 1.70 bits per heavy atom. The third kappa shape index (κ3) is 2.23. The third-order valence-electron chi connectivity index (χ3n) is 3.36. The van der Waals surface area contributed by atoms with Crippen LogP contribution in [-0.2, 0) is 0 Å². The van der Waals surface area contributed by atoms with Crippen LogP contribution in [0.1, 0.15) is 5.69 Å². The largest absolute Gasteiger partial charge is 0.399 e. The van der Waals surface area contributed by atoms with Crippen LogP contribution in [0, 0.1) is 6.92 Å². The highest BCUT2D eigenvalue weighted by Crippen LogP contribution is 2.30. The van der Waals surface area contributed by atoms with Gasteiger partial charge >= 0.3 is 0 Å². The number of rotatable bonds is 2. The Morgan fingerprint density at radius 1 is 0.950 bits per heavy atom. The zero-order chi connectivity index (χ0) is 14.1. The number of benzene rings is 2. The van der Waals surface area contributed by atoms with Gasteiger partial charge in [0.2, 0.25) is 0 Å². The van der Waals surface area contributed by atoms with Crippen molar-refractivity contribution in [3.05, 3.63) is 48.2 Å². The minimum atomic E-state index is 0.753. The van der Waals surface area contributed by atoms with Gasteiger partial charge in [0, 0.05) is 26.9 Å². The summed E-state index contributed by atoms with van der Waals surface area (Å²) in [5, 5.41) is 10.9. The van der Waals surface area contributed by atoms with Crippen LogP contribution < -0.4 is 5.73 Å². The zero-order valence-corrected chi connectivity index (χ0v) is 12.2. The summed E-state index contributed by atoms with van der Waals surface area (Å²) in [7, 11) is 0. The van der Waals surface area contributed by atoms with Crippen molar-refractivity contribution in [2.24, 2.45) is 0 Å². The Labute approximate surface area is 122 Å². The first kappa shape index (κ1) is 12.9. The van der Waals surface area contributed by atoms with Crippen LogP contribution in [0.5, 0.6) is 0 Å². The second-order valence-corrected chi connectivity index (χ2v) is 5.55. The van der Waals surface area contributed by atoms with Gasteiger partial charge in [0.05, 0.1) is 5.69 Å². The first-order valence-corrected chi connectivity index (χ1v) is 7.58. The SMILES string of the molecule is CSc1ccc2c(C)nnc(-c3ccc(N)cc3)c2c1. The van der Waals surface area contributed by atoms with Crippen LogP contribution in [0.3, 0.4) is 0 Å². The Kier molecular flexibility index (Phi) is 3.32. The van der Waals surface area contributed by atoms with E-state index in [1.165, 1.54) is 4.90 Å². The summed E-state index contributed by atoms with van der Waals surface area (Å²) in [6.45, 7) is 1.99. The molecule has 1 aromatic heterocycles. The quantitative estimate of drug-likeness (QED) is 0.571. The molecule has 3 aromatic rings. The fourth-order valence-corrected chi connectivity index (χ4v) is 2.69. The lowest BCUT2D eigenvalue weighted by Crippen LogP contribution is -1.94. The van der Waals surface area contributed by atoms with E-state index in [1.807, 2.05) is 31.2 Å². The highest BCUT2D eigenvalue weighted by atomic mass is 32.2. The highest BCUT2D eigenvalue weighted by Gasteiger charge is 2.09. The van der Waals surface area contributed by atoms with E-state index in [2.05, 4.69) is 34.7 Å². The lowest BCUT2D eigenvalue weighted by Gasteiger charge is -2.09. The molecular formula is C16H15N3S. The van der Waals surface area contributed by atoms with Gasteiger partial charge in [0.25, 0.3) is 0 Å². The van der Waals surface area contributed by atoms with Crippen LogP contribution in [-0.4, -0.2) is 16.5 Å². The molecule has 0 saturated carbocycles. The summed E-state index contributed by atoms with van der Waals surface area (Å²) in [6.07, 6.45) is 2.07. The topological polar surface area (TPSA) is 51.8 Å². The predicted octanol–water partition coefficient (Wildman–Crippen LogP) is 3.91. The minimum absolute atomic E-state index is 0.753. The van der Waals surface area contributed by atoms with Crippen LogP contribution in [0.25, 0.3) is 22.0 Å². The molecule has 20 heavy (non-hydrogen) atoms.